The summed E-state index contributed by atoms with van der Waals surface area (Å²) < 4.78 is 5.45. The van der Waals surface area contributed by atoms with Gasteiger partial charge in [0, 0.05) is 6.54 Å². The molecule has 0 aliphatic carbocycles. The van der Waals surface area contributed by atoms with Gasteiger partial charge >= 0.3 is 0 Å². The summed E-state index contributed by atoms with van der Waals surface area (Å²) >= 11 is 0. The number of carbonyl (C=O) groups is 1. The molecule has 0 aliphatic heterocycles. The van der Waals surface area contributed by atoms with Crippen molar-refractivity contribution >= 4 is 11.6 Å². The van der Waals surface area contributed by atoms with Crippen LogP contribution in [0.25, 0.3) is 0 Å². The van der Waals surface area contributed by atoms with Gasteiger partial charge < -0.3 is 20.9 Å². The molecule has 0 unspecified atom stereocenters. The van der Waals surface area contributed by atoms with E-state index in [2.05, 4.69) is 5.32 Å². The van der Waals surface area contributed by atoms with Gasteiger partial charge in [0.15, 0.2) is 0 Å². The second kappa shape index (κ2) is 6.58. The Kier molecular flexibility index (Phi) is 4.57. The van der Waals surface area contributed by atoms with Gasteiger partial charge in [-0.1, -0.05) is 24.3 Å². The Hall–Kier alpha value is -2.53. The van der Waals surface area contributed by atoms with Crippen LogP contribution in [0.5, 0.6) is 11.5 Å². The second-order valence-corrected chi connectivity index (χ2v) is 4.10. The number of ether oxygens (including phenoxy) is 1. The molecule has 0 aliphatic rings. The number of aromatic hydroxyl groups is 1. The van der Waals surface area contributed by atoms with Crippen molar-refractivity contribution in [2.45, 2.75) is 0 Å². The Bertz CT molecular complexity index is 599. The van der Waals surface area contributed by atoms with Gasteiger partial charge in [-0.2, -0.15) is 0 Å². The summed E-state index contributed by atoms with van der Waals surface area (Å²) in [5.41, 5.74) is 6.14. The monoisotopic (exact) mass is 272 g/mol. The lowest BCUT2D eigenvalue weighted by atomic mass is 10.2. The average Bonchev–Trinajstić information content (AvgIpc) is 2.46. The van der Waals surface area contributed by atoms with Gasteiger partial charge in [0.2, 0.25) is 0 Å². The highest BCUT2D eigenvalue weighted by atomic mass is 16.5. The van der Waals surface area contributed by atoms with E-state index >= 15 is 0 Å². The summed E-state index contributed by atoms with van der Waals surface area (Å²) in [6.07, 6.45) is 0. The largest absolute Gasteiger partial charge is 0.507 e. The van der Waals surface area contributed by atoms with Crippen molar-refractivity contribution in [2.24, 2.45) is 5.73 Å². The van der Waals surface area contributed by atoms with E-state index in [0.717, 1.165) is 0 Å². The molecule has 0 radical (unpaired) electrons. The molecule has 2 aromatic carbocycles. The van der Waals surface area contributed by atoms with Gasteiger partial charge in [0.05, 0.1) is 11.3 Å². The maximum Gasteiger partial charge on any atom is 0.259 e. The lowest BCUT2D eigenvalue weighted by molar-refractivity contribution is 0.102. The zero-order valence-corrected chi connectivity index (χ0v) is 10.9. The molecule has 1 amide bonds. The second-order valence-electron chi connectivity index (χ2n) is 4.10. The van der Waals surface area contributed by atoms with Gasteiger partial charge in [-0.05, 0) is 24.3 Å². The number of rotatable bonds is 5. The van der Waals surface area contributed by atoms with Crippen LogP contribution in [0.2, 0.25) is 0 Å². The fourth-order valence-corrected chi connectivity index (χ4v) is 1.72. The number of carbonyl (C=O) groups excluding carboxylic acids is 1. The van der Waals surface area contributed by atoms with E-state index in [4.69, 9.17) is 10.5 Å². The topological polar surface area (TPSA) is 84.6 Å². The minimum Gasteiger partial charge on any atom is -0.507 e. The van der Waals surface area contributed by atoms with Gasteiger partial charge in [0.1, 0.15) is 18.1 Å². The van der Waals surface area contributed by atoms with Crippen molar-refractivity contribution in [1.29, 1.82) is 0 Å². The fourth-order valence-electron chi connectivity index (χ4n) is 1.72. The normalized spacial score (nSPS) is 10.1. The Balaban J connectivity index is 2.18. The highest BCUT2D eigenvalue weighted by Crippen LogP contribution is 2.25. The molecule has 0 aromatic heterocycles. The number of amides is 1. The van der Waals surface area contributed by atoms with Gasteiger partial charge in [-0.25, -0.2) is 0 Å². The van der Waals surface area contributed by atoms with E-state index in [1.165, 1.54) is 6.07 Å². The molecule has 20 heavy (non-hydrogen) atoms. The first-order chi connectivity index (χ1) is 9.72. The van der Waals surface area contributed by atoms with Crippen molar-refractivity contribution in [2.75, 3.05) is 18.5 Å². The van der Waals surface area contributed by atoms with Crippen LogP contribution >= 0.6 is 0 Å². The molecule has 2 rings (SSSR count). The number of nitrogens with one attached hydrogen (secondary N) is 1. The highest BCUT2D eigenvalue weighted by molar-refractivity contribution is 6.06. The number of anilines is 1. The summed E-state index contributed by atoms with van der Waals surface area (Å²) in [4.78, 5) is 12.1. The molecule has 0 spiro atoms. The smallest absolute Gasteiger partial charge is 0.259 e. The number of hydrogen-bond donors (Lipinski definition) is 3. The van der Waals surface area contributed by atoms with E-state index in [-0.39, 0.29) is 11.3 Å². The number of nitrogens with two attached hydrogens (primary N) is 1. The minimum absolute atomic E-state index is 0.0645. The molecule has 0 bridgehead atoms. The molecule has 0 saturated carbocycles. The quantitative estimate of drug-likeness (QED) is 0.777. The highest BCUT2D eigenvalue weighted by Gasteiger charge is 2.12. The summed E-state index contributed by atoms with van der Waals surface area (Å²) in [7, 11) is 0. The minimum atomic E-state index is -0.396. The first-order valence-electron chi connectivity index (χ1n) is 6.23. The average molecular weight is 272 g/mol. The maximum absolute atomic E-state index is 12.1. The zero-order valence-electron chi connectivity index (χ0n) is 10.9. The molecule has 2 aromatic rings. The number of hydrogen-bond acceptors (Lipinski definition) is 4. The van der Waals surface area contributed by atoms with Crippen molar-refractivity contribution in [3.63, 3.8) is 0 Å². The molecule has 5 heteroatoms. The summed E-state index contributed by atoms with van der Waals surface area (Å²) in [6.45, 7) is 0.755. The summed E-state index contributed by atoms with van der Waals surface area (Å²) in [5.74, 6) is 0.0824. The third kappa shape index (κ3) is 3.27. The first-order valence-corrected chi connectivity index (χ1v) is 6.23. The van der Waals surface area contributed by atoms with Crippen molar-refractivity contribution < 1.29 is 14.6 Å². The maximum atomic E-state index is 12.1. The van der Waals surface area contributed by atoms with Crippen LogP contribution in [-0.2, 0) is 0 Å². The van der Waals surface area contributed by atoms with Gasteiger partial charge in [-0.3, -0.25) is 4.79 Å². The third-order valence-corrected chi connectivity index (χ3v) is 2.66. The Morgan fingerprint density at radius 1 is 1.15 bits per heavy atom. The van der Waals surface area contributed by atoms with Crippen LogP contribution in [-0.4, -0.2) is 24.2 Å². The lowest BCUT2D eigenvalue weighted by Crippen LogP contribution is -2.15. The standard InChI is InChI=1S/C15H16N2O3/c16-9-10-20-14-8-4-2-6-12(14)17-15(19)11-5-1-3-7-13(11)18/h1-8,18H,9-10,16H2,(H,17,19). The number of para-hydroxylation sites is 3. The van der Waals surface area contributed by atoms with E-state index in [1.807, 2.05) is 6.07 Å². The Morgan fingerprint density at radius 3 is 2.60 bits per heavy atom. The molecule has 0 fully saturated rings. The molecule has 0 saturated heterocycles. The van der Waals surface area contributed by atoms with Crippen LogP contribution < -0.4 is 15.8 Å². The predicted octanol–water partition coefficient (Wildman–Crippen LogP) is 1.98. The molecule has 5 nitrogen and oxygen atoms in total. The number of phenolic OH excluding ortho intramolecular Hbond substituents is 1. The molecule has 0 atom stereocenters. The first kappa shape index (κ1) is 13.9. The number of phenols is 1. The van der Waals surface area contributed by atoms with E-state index < -0.39 is 5.91 Å². The van der Waals surface area contributed by atoms with Crippen LogP contribution in [0, 0.1) is 0 Å². The zero-order chi connectivity index (χ0) is 14.4. The number of benzene rings is 2. The lowest BCUT2D eigenvalue weighted by Gasteiger charge is -2.12. The van der Waals surface area contributed by atoms with Gasteiger partial charge in [-0.15, -0.1) is 0 Å². The van der Waals surface area contributed by atoms with Crippen LogP contribution in [0.4, 0.5) is 5.69 Å². The SMILES string of the molecule is NCCOc1ccccc1NC(=O)c1ccccc1O. The summed E-state index contributed by atoms with van der Waals surface area (Å²) in [5, 5.41) is 12.4. The summed E-state index contributed by atoms with van der Waals surface area (Å²) in [6, 6.07) is 13.4. The molecular formula is C15H16N2O3. The third-order valence-electron chi connectivity index (χ3n) is 2.66. The Morgan fingerprint density at radius 2 is 1.85 bits per heavy atom. The van der Waals surface area contributed by atoms with Crippen molar-refractivity contribution in [3.8, 4) is 11.5 Å². The Labute approximate surface area is 117 Å². The van der Waals surface area contributed by atoms with Crippen molar-refractivity contribution in [1.82, 2.24) is 0 Å². The van der Waals surface area contributed by atoms with Gasteiger partial charge in [0.25, 0.3) is 5.91 Å². The van der Waals surface area contributed by atoms with E-state index in [9.17, 15) is 9.90 Å². The molecule has 104 valence electrons. The molecule has 0 heterocycles. The van der Waals surface area contributed by atoms with Crippen LogP contribution in [0.15, 0.2) is 48.5 Å². The molecule has 4 N–H and O–H groups in total. The molecular weight excluding hydrogens is 256 g/mol. The van der Waals surface area contributed by atoms with Crippen molar-refractivity contribution in [3.05, 3.63) is 54.1 Å². The van der Waals surface area contributed by atoms with Crippen LogP contribution in [0.3, 0.4) is 0 Å². The fraction of sp³-hybridized carbons (Fsp3) is 0.133. The van der Waals surface area contributed by atoms with Crippen LogP contribution in [0.1, 0.15) is 10.4 Å². The predicted molar refractivity (Wildman–Crippen MR) is 77.1 cm³/mol. The van der Waals surface area contributed by atoms with E-state index in [1.54, 1.807) is 36.4 Å². The van der Waals surface area contributed by atoms with E-state index in [0.29, 0.717) is 24.6 Å².